The van der Waals surface area contributed by atoms with Crippen molar-refractivity contribution < 1.29 is 9.32 Å². The zero-order valence-corrected chi connectivity index (χ0v) is 12.5. The molecule has 4 nitrogen and oxygen atoms in total. The Labute approximate surface area is 121 Å². The second-order valence-corrected chi connectivity index (χ2v) is 6.56. The number of quaternary nitrogens is 1. The molecule has 0 saturated carbocycles. The summed E-state index contributed by atoms with van der Waals surface area (Å²) < 4.78 is 5.01. The molecule has 4 heterocycles. The minimum atomic E-state index is 0.552. The van der Waals surface area contributed by atoms with Gasteiger partial charge in [0.1, 0.15) is 11.8 Å². The molecule has 3 aliphatic rings. The Kier molecular flexibility index (Phi) is 4.73. The van der Waals surface area contributed by atoms with Crippen LogP contribution in [0.25, 0.3) is 0 Å². The maximum Gasteiger partial charge on any atom is 0.180 e. The van der Waals surface area contributed by atoms with E-state index in [2.05, 4.69) is 10.3 Å². The van der Waals surface area contributed by atoms with E-state index < -0.39 is 0 Å². The number of aromatic nitrogens is 1. The van der Waals surface area contributed by atoms with Crippen LogP contribution >= 0.6 is 0 Å². The van der Waals surface area contributed by atoms with Gasteiger partial charge in [-0.1, -0.05) is 12.8 Å². The van der Waals surface area contributed by atoms with E-state index in [9.17, 15) is 0 Å². The highest BCUT2D eigenvalue weighted by Crippen LogP contribution is 2.27. The fourth-order valence-corrected chi connectivity index (χ4v) is 3.94. The van der Waals surface area contributed by atoms with Crippen LogP contribution in [0.2, 0.25) is 0 Å². The Morgan fingerprint density at radius 2 is 1.95 bits per heavy atom. The predicted molar refractivity (Wildman–Crippen MR) is 78.8 cm³/mol. The van der Waals surface area contributed by atoms with Crippen LogP contribution < -0.4 is 10.2 Å². The standard InChI is InChI=1S/C10H14N2O.C6H13N/c1-2-10(3-5-12(10)4-1)6-9-7-13-8-11-9;1-2-4-6-7-5-3-1/h7-8H,1-6H2;7H,1-6H2/p+1. The lowest BCUT2D eigenvalue weighted by Crippen LogP contribution is -3.24. The molecule has 4 heteroatoms. The molecule has 0 bridgehead atoms. The molecule has 2 unspecified atom stereocenters. The van der Waals surface area contributed by atoms with E-state index in [1.165, 1.54) is 71.1 Å². The van der Waals surface area contributed by atoms with Crippen LogP contribution in [0, 0.1) is 0 Å². The summed E-state index contributed by atoms with van der Waals surface area (Å²) in [5.41, 5.74) is 1.69. The molecule has 20 heavy (non-hydrogen) atoms. The van der Waals surface area contributed by atoms with E-state index in [4.69, 9.17) is 4.42 Å². The van der Waals surface area contributed by atoms with Crippen LogP contribution in [0.4, 0.5) is 0 Å². The average Bonchev–Trinajstić information content (AvgIpc) is 2.91. The van der Waals surface area contributed by atoms with Crippen molar-refractivity contribution in [3.05, 3.63) is 18.4 Å². The summed E-state index contributed by atoms with van der Waals surface area (Å²) >= 11 is 0. The van der Waals surface area contributed by atoms with Crippen LogP contribution in [0.5, 0.6) is 0 Å². The summed E-state index contributed by atoms with van der Waals surface area (Å²) in [7, 11) is 0. The van der Waals surface area contributed by atoms with Gasteiger partial charge in [0.25, 0.3) is 0 Å². The Morgan fingerprint density at radius 3 is 2.55 bits per heavy atom. The quantitative estimate of drug-likeness (QED) is 0.854. The first-order valence-electron chi connectivity index (χ1n) is 8.32. The predicted octanol–water partition coefficient (Wildman–Crippen LogP) is 1.19. The van der Waals surface area contributed by atoms with E-state index in [1.54, 1.807) is 17.6 Å². The third-order valence-corrected chi connectivity index (χ3v) is 5.25. The van der Waals surface area contributed by atoms with Crippen LogP contribution in [0.3, 0.4) is 0 Å². The number of oxazole rings is 1. The third-order valence-electron chi connectivity index (χ3n) is 5.25. The van der Waals surface area contributed by atoms with Crippen molar-refractivity contribution in [2.24, 2.45) is 0 Å². The molecule has 0 radical (unpaired) electrons. The molecule has 2 N–H and O–H groups in total. The lowest BCUT2D eigenvalue weighted by atomic mass is 9.81. The van der Waals surface area contributed by atoms with Gasteiger partial charge < -0.3 is 14.6 Å². The summed E-state index contributed by atoms with van der Waals surface area (Å²) in [6.45, 7) is 5.25. The first kappa shape index (κ1) is 14.1. The maximum absolute atomic E-state index is 5.01. The van der Waals surface area contributed by atoms with E-state index in [1.807, 2.05) is 0 Å². The van der Waals surface area contributed by atoms with Gasteiger partial charge in [-0.2, -0.15) is 0 Å². The van der Waals surface area contributed by atoms with Gasteiger partial charge in [-0.15, -0.1) is 0 Å². The molecule has 112 valence electrons. The van der Waals surface area contributed by atoms with Crippen molar-refractivity contribution in [2.45, 2.75) is 56.9 Å². The minimum absolute atomic E-state index is 0.552. The van der Waals surface area contributed by atoms with Gasteiger partial charge in [0.05, 0.1) is 25.2 Å². The molecule has 3 saturated heterocycles. The van der Waals surface area contributed by atoms with Crippen LogP contribution in [-0.4, -0.2) is 36.7 Å². The van der Waals surface area contributed by atoms with Crippen molar-refractivity contribution in [3.8, 4) is 0 Å². The number of rotatable bonds is 2. The fourth-order valence-electron chi connectivity index (χ4n) is 3.94. The molecular formula is C16H28N3O+. The van der Waals surface area contributed by atoms with Gasteiger partial charge in [-0.25, -0.2) is 4.98 Å². The SMILES string of the molecule is C1CCCNCC1.c1nc(CC23CCC[NH+]2CC3)co1. The zero-order valence-electron chi connectivity index (χ0n) is 12.5. The topological polar surface area (TPSA) is 42.5 Å². The lowest BCUT2D eigenvalue weighted by Gasteiger charge is -2.43. The second kappa shape index (κ2) is 6.72. The van der Waals surface area contributed by atoms with Gasteiger partial charge in [-0.05, 0) is 25.9 Å². The van der Waals surface area contributed by atoms with Crippen molar-refractivity contribution >= 4 is 0 Å². The number of nitrogens with zero attached hydrogens (tertiary/aromatic N) is 1. The Morgan fingerprint density at radius 1 is 1.10 bits per heavy atom. The molecular weight excluding hydrogens is 250 g/mol. The van der Waals surface area contributed by atoms with E-state index in [0.717, 1.165) is 12.1 Å². The number of hydrogen-bond acceptors (Lipinski definition) is 3. The third kappa shape index (κ3) is 3.23. The highest BCUT2D eigenvalue weighted by atomic mass is 16.3. The Balaban J connectivity index is 0.000000147. The monoisotopic (exact) mass is 278 g/mol. The Hall–Kier alpha value is -0.870. The van der Waals surface area contributed by atoms with Crippen molar-refractivity contribution in [1.82, 2.24) is 10.3 Å². The molecule has 4 rings (SSSR count). The van der Waals surface area contributed by atoms with Crippen LogP contribution in [-0.2, 0) is 6.42 Å². The summed E-state index contributed by atoms with van der Waals surface area (Å²) in [5.74, 6) is 0. The Bertz CT molecular complexity index is 373. The second-order valence-electron chi connectivity index (χ2n) is 6.56. The van der Waals surface area contributed by atoms with Crippen molar-refractivity contribution in [3.63, 3.8) is 0 Å². The lowest BCUT2D eigenvalue weighted by molar-refractivity contribution is -0.983. The zero-order chi connectivity index (χ0) is 13.7. The van der Waals surface area contributed by atoms with E-state index in [0.29, 0.717) is 5.54 Å². The highest BCUT2D eigenvalue weighted by Gasteiger charge is 2.52. The molecule has 3 aliphatic heterocycles. The average molecular weight is 278 g/mol. The van der Waals surface area contributed by atoms with Gasteiger partial charge in [0, 0.05) is 19.3 Å². The highest BCUT2D eigenvalue weighted by molar-refractivity contribution is 5.02. The molecule has 1 aromatic heterocycles. The minimum Gasteiger partial charge on any atom is -0.451 e. The largest absolute Gasteiger partial charge is 0.451 e. The smallest absolute Gasteiger partial charge is 0.180 e. The number of fused-ring (bicyclic) bond motifs is 1. The molecule has 2 atom stereocenters. The summed E-state index contributed by atoms with van der Waals surface area (Å²) in [6.07, 6.45) is 14.3. The molecule has 0 amide bonds. The molecule has 0 spiro atoms. The van der Waals surface area contributed by atoms with Gasteiger partial charge in [0.15, 0.2) is 6.39 Å². The van der Waals surface area contributed by atoms with Gasteiger partial charge >= 0.3 is 0 Å². The molecule has 3 fully saturated rings. The molecule has 0 aromatic carbocycles. The van der Waals surface area contributed by atoms with Gasteiger partial charge in [-0.3, -0.25) is 0 Å². The van der Waals surface area contributed by atoms with Crippen molar-refractivity contribution in [2.75, 3.05) is 26.2 Å². The van der Waals surface area contributed by atoms with Crippen LogP contribution in [0.1, 0.15) is 50.6 Å². The number of nitrogens with one attached hydrogen (secondary N) is 2. The molecule has 0 aliphatic carbocycles. The van der Waals surface area contributed by atoms with E-state index in [-0.39, 0.29) is 0 Å². The van der Waals surface area contributed by atoms with Crippen molar-refractivity contribution in [1.29, 1.82) is 0 Å². The van der Waals surface area contributed by atoms with Gasteiger partial charge in [0.2, 0.25) is 0 Å². The first-order chi connectivity index (χ1) is 9.89. The summed E-state index contributed by atoms with van der Waals surface area (Å²) in [4.78, 5) is 6.01. The normalized spacial score (nSPS) is 32.5. The fraction of sp³-hybridized carbons (Fsp3) is 0.812. The maximum atomic E-state index is 5.01. The summed E-state index contributed by atoms with van der Waals surface area (Å²) in [6, 6.07) is 0. The van der Waals surface area contributed by atoms with E-state index >= 15 is 0 Å². The number of hydrogen-bond donors (Lipinski definition) is 2. The first-order valence-corrected chi connectivity index (χ1v) is 8.32. The van der Waals surface area contributed by atoms with Crippen LogP contribution in [0.15, 0.2) is 17.1 Å². The summed E-state index contributed by atoms with van der Waals surface area (Å²) in [5, 5.41) is 3.35. The molecule has 1 aromatic rings.